The highest BCUT2D eigenvalue weighted by Gasteiger charge is 2.25. The smallest absolute Gasteiger partial charge is 0.233 e. The van der Waals surface area contributed by atoms with Crippen LogP contribution in [0.15, 0.2) is 59.5 Å². The molecule has 1 heterocycles. The van der Waals surface area contributed by atoms with E-state index in [-0.39, 0.29) is 10.7 Å². The molecule has 0 N–H and O–H groups in total. The first-order valence-electron chi connectivity index (χ1n) is 8.89. The molecule has 4 rings (SSSR count). The summed E-state index contributed by atoms with van der Waals surface area (Å²) in [4.78, 5) is 0.213. The Kier molecular flexibility index (Phi) is 4.27. The maximum atomic E-state index is 13.9. The zero-order chi connectivity index (χ0) is 19.2. The Morgan fingerprint density at radius 1 is 1.07 bits per heavy atom. The van der Waals surface area contributed by atoms with Crippen molar-refractivity contribution in [2.45, 2.75) is 25.2 Å². The Morgan fingerprint density at radius 3 is 2.56 bits per heavy atom. The fourth-order valence-corrected chi connectivity index (χ4v) is 4.95. The molecule has 0 bridgehead atoms. The number of benzene rings is 2. The maximum absolute atomic E-state index is 13.9. The maximum Gasteiger partial charge on any atom is 0.268 e. The molecule has 1 aliphatic carbocycles. The lowest BCUT2D eigenvalue weighted by atomic mass is 10.0. The minimum Gasteiger partial charge on any atom is -0.233 e. The van der Waals surface area contributed by atoms with Gasteiger partial charge in [0.25, 0.3) is 10.0 Å². The summed E-state index contributed by atoms with van der Waals surface area (Å²) in [5, 5.41) is 0.593. The largest absolute Gasteiger partial charge is 0.268 e. The van der Waals surface area contributed by atoms with Gasteiger partial charge in [0.05, 0.1) is 16.1 Å². The fourth-order valence-electron chi connectivity index (χ4n) is 3.42. The molecule has 3 nitrogen and oxygen atoms in total. The van der Waals surface area contributed by atoms with Gasteiger partial charge >= 0.3 is 0 Å². The van der Waals surface area contributed by atoms with Gasteiger partial charge in [-0.15, -0.1) is 0 Å². The third kappa shape index (κ3) is 3.02. The second-order valence-corrected chi connectivity index (χ2v) is 8.80. The van der Waals surface area contributed by atoms with Crippen LogP contribution in [0, 0.1) is 18.7 Å². The highest BCUT2D eigenvalue weighted by Crippen LogP contribution is 2.34. The summed E-state index contributed by atoms with van der Waals surface area (Å²) in [6.45, 7) is 4.00. The summed E-state index contributed by atoms with van der Waals surface area (Å²) in [6, 6.07) is 11.0. The number of fused-ring (bicyclic) bond motifs is 3. The molecule has 1 unspecified atom stereocenters. The number of aryl methyl sites for hydroxylation is 1. The predicted molar refractivity (Wildman–Crippen MR) is 108 cm³/mol. The number of hydrogen-bond acceptors (Lipinski definition) is 2. The van der Waals surface area contributed by atoms with Gasteiger partial charge in [-0.25, -0.2) is 16.8 Å². The van der Waals surface area contributed by atoms with Crippen LogP contribution in [0.4, 0.5) is 4.39 Å². The molecular formula is C22H20FNO2S. The Hall–Kier alpha value is -2.66. The minimum absolute atomic E-state index is 0.213. The number of rotatable bonds is 2. The van der Waals surface area contributed by atoms with E-state index in [9.17, 15) is 12.8 Å². The minimum atomic E-state index is -3.83. The van der Waals surface area contributed by atoms with Gasteiger partial charge < -0.3 is 0 Å². The van der Waals surface area contributed by atoms with Gasteiger partial charge in [-0.3, -0.25) is 0 Å². The standard InChI is InChI=1S/C22H20FNO2S/c1-15-4-3-5-21-19(12-8-15)20-14-17(23)9-13-22(20)24(21)27(25,26)18-10-6-16(2)7-11-18/h3,5-15H,4H2,1-2H3/b5-3-,12-8-. The number of halogens is 1. The molecule has 3 aromatic rings. The summed E-state index contributed by atoms with van der Waals surface area (Å²) < 4.78 is 42.2. The third-order valence-electron chi connectivity index (χ3n) is 4.90. The van der Waals surface area contributed by atoms with Gasteiger partial charge in [0.1, 0.15) is 5.82 Å². The molecule has 0 radical (unpaired) electrons. The van der Waals surface area contributed by atoms with E-state index in [1.807, 2.05) is 31.2 Å². The van der Waals surface area contributed by atoms with Gasteiger partial charge in [-0.1, -0.05) is 42.8 Å². The van der Waals surface area contributed by atoms with E-state index in [0.717, 1.165) is 17.5 Å². The molecule has 2 aromatic carbocycles. The molecule has 138 valence electrons. The van der Waals surface area contributed by atoms with Gasteiger partial charge in [0, 0.05) is 10.9 Å². The van der Waals surface area contributed by atoms with Crippen LogP contribution in [0.3, 0.4) is 0 Å². The summed E-state index contributed by atoms with van der Waals surface area (Å²) in [6.07, 6.45) is 8.57. The highest BCUT2D eigenvalue weighted by molar-refractivity contribution is 7.90. The van der Waals surface area contributed by atoms with E-state index in [1.165, 1.54) is 22.2 Å². The van der Waals surface area contributed by atoms with Crippen LogP contribution in [-0.4, -0.2) is 12.4 Å². The molecule has 0 fully saturated rings. The summed E-state index contributed by atoms with van der Waals surface area (Å²) in [5.74, 6) is -0.0577. The topological polar surface area (TPSA) is 39.1 Å². The summed E-state index contributed by atoms with van der Waals surface area (Å²) in [7, 11) is -3.83. The van der Waals surface area contributed by atoms with Crippen LogP contribution in [0.25, 0.3) is 23.1 Å². The van der Waals surface area contributed by atoms with Crippen LogP contribution in [0.5, 0.6) is 0 Å². The van der Waals surface area contributed by atoms with Crippen molar-refractivity contribution in [1.29, 1.82) is 0 Å². The van der Waals surface area contributed by atoms with Crippen molar-refractivity contribution in [2.75, 3.05) is 0 Å². The van der Waals surface area contributed by atoms with Crippen LogP contribution in [-0.2, 0) is 10.0 Å². The number of nitrogens with zero attached hydrogens (tertiary/aromatic N) is 1. The quantitative estimate of drug-likeness (QED) is 0.597. The van der Waals surface area contributed by atoms with E-state index in [0.29, 0.717) is 22.5 Å². The molecule has 1 aromatic heterocycles. The molecular weight excluding hydrogens is 361 g/mol. The zero-order valence-corrected chi connectivity index (χ0v) is 16.0. The summed E-state index contributed by atoms with van der Waals surface area (Å²) >= 11 is 0. The van der Waals surface area contributed by atoms with E-state index in [2.05, 4.69) is 6.92 Å². The molecule has 1 atom stereocenters. The van der Waals surface area contributed by atoms with Crippen molar-refractivity contribution in [3.05, 3.63) is 77.3 Å². The van der Waals surface area contributed by atoms with Crippen molar-refractivity contribution in [2.24, 2.45) is 5.92 Å². The fraction of sp³-hybridized carbons (Fsp3) is 0.182. The van der Waals surface area contributed by atoms with E-state index in [4.69, 9.17) is 0 Å². The third-order valence-corrected chi connectivity index (χ3v) is 6.64. The van der Waals surface area contributed by atoms with E-state index in [1.54, 1.807) is 24.3 Å². The molecule has 0 spiro atoms. The first kappa shape index (κ1) is 17.7. The predicted octanol–water partition coefficient (Wildman–Crippen LogP) is 5.39. The van der Waals surface area contributed by atoms with Crippen LogP contribution in [0.1, 0.15) is 30.2 Å². The van der Waals surface area contributed by atoms with Gasteiger partial charge in [0.2, 0.25) is 0 Å². The Balaban J connectivity index is 2.08. The number of allylic oxidation sites excluding steroid dienone is 2. The average molecular weight is 381 g/mol. The first-order valence-corrected chi connectivity index (χ1v) is 10.3. The molecule has 1 aliphatic rings. The van der Waals surface area contributed by atoms with Crippen molar-refractivity contribution in [1.82, 2.24) is 3.97 Å². The van der Waals surface area contributed by atoms with Crippen molar-refractivity contribution < 1.29 is 12.8 Å². The SMILES string of the molecule is Cc1ccc(S(=O)(=O)n2c3c(c4cc(F)ccc42)/C=C\C(C)C/C=C\3)cc1. The Morgan fingerprint density at radius 2 is 1.81 bits per heavy atom. The lowest BCUT2D eigenvalue weighted by Gasteiger charge is -2.12. The first-order chi connectivity index (χ1) is 12.9. The molecule has 0 saturated carbocycles. The molecule has 0 amide bonds. The lowest BCUT2D eigenvalue weighted by molar-refractivity contribution is 0.588. The van der Waals surface area contributed by atoms with Crippen LogP contribution < -0.4 is 0 Å². The zero-order valence-electron chi connectivity index (χ0n) is 15.2. The number of hydrogen-bond donors (Lipinski definition) is 0. The average Bonchev–Trinajstić information content (AvgIpc) is 2.91. The van der Waals surface area contributed by atoms with Crippen molar-refractivity contribution in [3.63, 3.8) is 0 Å². The monoisotopic (exact) mass is 381 g/mol. The van der Waals surface area contributed by atoms with Crippen LogP contribution in [0.2, 0.25) is 0 Å². The Labute approximate surface area is 158 Å². The molecule has 0 aliphatic heterocycles. The molecule has 5 heteroatoms. The molecule has 0 saturated heterocycles. The van der Waals surface area contributed by atoms with Crippen molar-refractivity contribution >= 4 is 33.1 Å². The van der Waals surface area contributed by atoms with E-state index >= 15 is 0 Å². The second-order valence-electron chi connectivity index (χ2n) is 7.02. The number of aromatic nitrogens is 1. The van der Waals surface area contributed by atoms with E-state index < -0.39 is 10.0 Å². The summed E-state index contributed by atoms with van der Waals surface area (Å²) in [5.41, 5.74) is 2.74. The van der Waals surface area contributed by atoms with Gasteiger partial charge in [0.15, 0.2) is 0 Å². The lowest BCUT2D eigenvalue weighted by Crippen LogP contribution is -2.14. The van der Waals surface area contributed by atoms with Crippen molar-refractivity contribution in [3.8, 4) is 0 Å². The van der Waals surface area contributed by atoms with Crippen LogP contribution >= 0.6 is 0 Å². The molecule has 27 heavy (non-hydrogen) atoms. The highest BCUT2D eigenvalue weighted by atomic mass is 32.2. The second kappa shape index (κ2) is 6.50. The Bertz CT molecular complexity index is 1190. The van der Waals surface area contributed by atoms with Gasteiger partial charge in [-0.2, -0.15) is 0 Å². The van der Waals surface area contributed by atoms with Gasteiger partial charge in [-0.05, 0) is 55.7 Å². The normalized spacial score (nSPS) is 19.3.